The molecule has 0 bridgehead atoms. The van der Waals surface area contributed by atoms with E-state index in [4.69, 9.17) is 10.5 Å². The van der Waals surface area contributed by atoms with Crippen molar-refractivity contribution in [1.82, 2.24) is 5.32 Å². The Morgan fingerprint density at radius 3 is 2.60 bits per heavy atom. The first-order valence-corrected chi connectivity index (χ1v) is 7.99. The Balaban J connectivity index is 2.47. The molecule has 0 aliphatic heterocycles. The van der Waals surface area contributed by atoms with E-state index in [1.54, 1.807) is 18.9 Å². The minimum absolute atomic E-state index is 0.0353. The van der Waals surface area contributed by atoms with Gasteiger partial charge in [0.15, 0.2) is 0 Å². The molecule has 112 valence electrons. The molecule has 1 aromatic rings. The Labute approximate surface area is 125 Å². The average Bonchev–Trinajstić information content (AvgIpc) is 2.47. The lowest BCUT2D eigenvalue weighted by atomic mass is 10.1. The summed E-state index contributed by atoms with van der Waals surface area (Å²) in [4.78, 5) is 13.2. The van der Waals surface area contributed by atoms with E-state index >= 15 is 0 Å². The molecule has 0 saturated carbocycles. The number of carbonyl (C=O) groups excluding carboxylic acids is 1. The van der Waals surface area contributed by atoms with Crippen LogP contribution in [0.25, 0.3) is 0 Å². The summed E-state index contributed by atoms with van der Waals surface area (Å²) in [5.41, 5.74) is 6.94. The number of benzene rings is 1. The molecule has 5 heteroatoms. The van der Waals surface area contributed by atoms with Crippen LogP contribution in [-0.2, 0) is 9.53 Å². The molecule has 0 aliphatic rings. The van der Waals surface area contributed by atoms with Crippen molar-refractivity contribution >= 4 is 17.7 Å². The fourth-order valence-corrected chi connectivity index (χ4v) is 2.28. The van der Waals surface area contributed by atoms with Crippen LogP contribution in [0.5, 0.6) is 0 Å². The van der Waals surface area contributed by atoms with Crippen LogP contribution < -0.4 is 11.1 Å². The van der Waals surface area contributed by atoms with Crippen LogP contribution in [0.4, 0.5) is 0 Å². The molecule has 0 aliphatic carbocycles. The standard InChI is InChI=1S/C15H24N2O2S/c1-11(12-6-8-13(20-3)9-7-12)17-15(18)14(16)5-4-10-19-2/h6-9,11,14H,4-5,10,16H2,1-3H3,(H,17,18). The van der Waals surface area contributed by atoms with E-state index < -0.39 is 6.04 Å². The van der Waals surface area contributed by atoms with Gasteiger partial charge in [0.2, 0.25) is 5.91 Å². The molecule has 0 radical (unpaired) electrons. The van der Waals surface area contributed by atoms with E-state index in [-0.39, 0.29) is 11.9 Å². The summed E-state index contributed by atoms with van der Waals surface area (Å²) < 4.78 is 4.95. The average molecular weight is 296 g/mol. The third-order valence-corrected chi connectivity index (χ3v) is 3.92. The topological polar surface area (TPSA) is 64.3 Å². The number of amides is 1. The van der Waals surface area contributed by atoms with E-state index in [1.165, 1.54) is 4.90 Å². The molecule has 0 spiro atoms. The molecule has 1 amide bonds. The van der Waals surface area contributed by atoms with Gasteiger partial charge in [-0.25, -0.2) is 0 Å². The highest BCUT2D eigenvalue weighted by Crippen LogP contribution is 2.18. The molecule has 3 N–H and O–H groups in total. The van der Waals surface area contributed by atoms with Gasteiger partial charge in [0.25, 0.3) is 0 Å². The van der Waals surface area contributed by atoms with Gasteiger partial charge in [-0.1, -0.05) is 12.1 Å². The Morgan fingerprint density at radius 2 is 2.05 bits per heavy atom. The fraction of sp³-hybridized carbons (Fsp3) is 0.533. The molecule has 0 heterocycles. The van der Waals surface area contributed by atoms with Crippen molar-refractivity contribution in [1.29, 1.82) is 0 Å². The quantitative estimate of drug-likeness (QED) is 0.571. The lowest BCUT2D eigenvalue weighted by molar-refractivity contribution is -0.123. The Kier molecular flexibility index (Phi) is 7.65. The molecule has 0 fully saturated rings. The minimum atomic E-state index is -0.474. The smallest absolute Gasteiger partial charge is 0.237 e. The number of nitrogens with one attached hydrogen (secondary N) is 1. The van der Waals surface area contributed by atoms with Gasteiger partial charge in [-0.05, 0) is 43.7 Å². The predicted molar refractivity (Wildman–Crippen MR) is 83.9 cm³/mol. The summed E-state index contributed by atoms with van der Waals surface area (Å²) in [5.74, 6) is -0.109. The predicted octanol–water partition coefficient (Wildman–Crippen LogP) is 2.34. The largest absolute Gasteiger partial charge is 0.385 e. The Hall–Kier alpha value is -1.04. The summed E-state index contributed by atoms with van der Waals surface area (Å²) in [6.07, 6.45) is 3.47. The first-order valence-electron chi connectivity index (χ1n) is 6.77. The van der Waals surface area contributed by atoms with Crippen LogP contribution in [0.15, 0.2) is 29.2 Å². The van der Waals surface area contributed by atoms with Gasteiger partial charge in [0.05, 0.1) is 12.1 Å². The van der Waals surface area contributed by atoms with Crippen LogP contribution >= 0.6 is 11.8 Å². The zero-order valence-corrected chi connectivity index (χ0v) is 13.2. The fourth-order valence-electron chi connectivity index (χ4n) is 1.88. The van der Waals surface area contributed by atoms with Crippen molar-refractivity contribution in [2.24, 2.45) is 5.73 Å². The van der Waals surface area contributed by atoms with E-state index in [0.717, 1.165) is 12.0 Å². The van der Waals surface area contributed by atoms with Gasteiger partial charge >= 0.3 is 0 Å². The molecule has 2 atom stereocenters. The maximum Gasteiger partial charge on any atom is 0.237 e. The maximum atomic E-state index is 12.0. The number of ether oxygens (including phenoxy) is 1. The van der Waals surface area contributed by atoms with Crippen molar-refractivity contribution < 1.29 is 9.53 Å². The third-order valence-electron chi connectivity index (χ3n) is 3.17. The molecule has 1 rings (SSSR count). The highest BCUT2D eigenvalue weighted by molar-refractivity contribution is 7.98. The highest BCUT2D eigenvalue weighted by atomic mass is 32.2. The Morgan fingerprint density at radius 1 is 1.40 bits per heavy atom. The summed E-state index contributed by atoms with van der Waals surface area (Å²) in [6.45, 7) is 2.60. The van der Waals surface area contributed by atoms with Crippen LogP contribution in [0.1, 0.15) is 31.4 Å². The second-order valence-corrected chi connectivity index (χ2v) is 5.62. The summed E-state index contributed by atoms with van der Waals surface area (Å²) in [7, 11) is 1.64. The van der Waals surface area contributed by atoms with E-state index in [9.17, 15) is 4.79 Å². The van der Waals surface area contributed by atoms with Gasteiger partial charge in [-0.15, -0.1) is 11.8 Å². The molecule has 4 nitrogen and oxygen atoms in total. The van der Waals surface area contributed by atoms with Crippen molar-refractivity contribution in [2.75, 3.05) is 20.0 Å². The summed E-state index contributed by atoms with van der Waals surface area (Å²) in [6, 6.07) is 7.67. The van der Waals surface area contributed by atoms with Gasteiger partial charge in [0.1, 0.15) is 0 Å². The van der Waals surface area contributed by atoms with Crippen molar-refractivity contribution in [3.05, 3.63) is 29.8 Å². The van der Waals surface area contributed by atoms with Crippen LogP contribution in [0.3, 0.4) is 0 Å². The molecule has 0 aromatic heterocycles. The van der Waals surface area contributed by atoms with Crippen molar-refractivity contribution in [2.45, 2.75) is 36.7 Å². The van der Waals surface area contributed by atoms with Crippen LogP contribution in [-0.4, -0.2) is 31.9 Å². The van der Waals surface area contributed by atoms with Crippen molar-refractivity contribution in [3.8, 4) is 0 Å². The van der Waals surface area contributed by atoms with E-state index in [2.05, 4.69) is 17.4 Å². The molecule has 20 heavy (non-hydrogen) atoms. The number of rotatable bonds is 8. The van der Waals surface area contributed by atoms with Crippen molar-refractivity contribution in [3.63, 3.8) is 0 Å². The monoisotopic (exact) mass is 296 g/mol. The number of methoxy groups -OCH3 is 1. The highest BCUT2D eigenvalue weighted by Gasteiger charge is 2.16. The number of nitrogens with two attached hydrogens (primary N) is 1. The number of thioether (sulfide) groups is 1. The zero-order chi connectivity index (χ0) is 15.0. The molecular weight excluding hydrogens is 272 g/mol. The lowest BCUT2D eigenvalue weighted by Gasteiger charge is -2.18. The number of carbonyl (C=O) groups is 1. The second-order valence-electron chi connectivity index (χ2n) is 4.74. The Bertz CT molecular complexity index is 409. The second kappa shape index (κ2) is 9.00. The molecule has 1 aromatic carbocycles. The van der Waals surface area contributed by atoms with Gasteiger partial charge in [0, 0.05) is 18.6 Å². The number of hydrogen-bond acceptors (Lipinski definition) is 4. The SMILES string of the molecule is COCCCC(N)C(=O)NC(C)c1ccc(SC)cc1. The maximum absolute atomic E-state index is 12.0. The third kappa shape index (κ3) is 5.53. The normalized spacial score (nSPS) is 13.8. The van der Waals surface area contributed by atoms with E-state index in [0.29, 0.717) is 13.0 Å². The zero-order valence-electron chi connectivity index (χ0n) is 12.4. The molecular formula is C15H24N2O2S. The lowest BCUT2D eigenvalue weighted by Crippen LogP contribution is -2.41. The first-order chi connectivity index (χ1) is 9.58. The number of hydrogen-bond donors (Lipinski definition) is 2. The van der Waals surface area contributed by atoms with Gasteiger partial charge in [-0.3, -0.25) is 4.79 Å². The van der Waals surface area contributed by atoms with Gasteiger partial charge in [-0.2, -0.15) is 0 Å². The first kappa shape index (κ1) is 17.0. The molecule has 0 saturated heterocycles. The molecule has 2 unspecified atom stereocenters. The minimum Gasteiger partial charge on any atom is -0.385 e. The van der Waals surface area contributed by atoms with Crippen LogP contribution in [0, 0.1) is 0 Å². The summed E-state index contributed by atoms with van der Waals surface area (Å²) in [5, 5.41) is 2.95. The van der Waals surface area contributed by atoms with E-state index in [1.807, 2.05) is 25.3 Å². The van der Waals surface area contributed by atoms with Gasteiger partial charge < -0.3 is 15.8 Å². The summed E-state index contributed by atoms with van der Waals surface area (Å²) >= 11 is 1.70. The van der Waals surface area contributed by atoms with Crippen LogP contribution in [0.2, 0.25) is 0 Å².